The molecule has 0 fully saturated rings. The molecule has 0 aliphatic carbocycles. The number of rotatable bonds is 7. The molecule has 32 heavy (non-hydrogen) atoms. The smallest absolute Gasteiger partial charge is 0.408 e. The Balaban J connectivity index is 2.63. The van der Waals surface area contributed by atoms with Crippen molar-refractivity contribution >= 4 is 33.8 Å². The molecule has 2 aromatic carbocycles. The molecule has 2 rings (SSSR count). The number of ketones is 1. The van der Waals surface area contributed by atoms with E-state index in [1.54, 1.807) is 20.8 Å². The van der Waals surface area contributed by atoms with E-state index in [9.17, 15) is 18.8 Å². The number of alkyl halides is 1. The van der Waals surface area contributed by atoms with Crippen molar-refractivity contribution in [3.63, 3.8) is 0 Å². The lowest BCUT2D eigenvalue weighted by Gasteiger charge is -2.32. The Morgan fingerprint density at radius 3 is 2.09 bits per heavy atom. The third-order valence-electron chi connectivity index (χ3n) is 4.27. The van der Waals surface area contributed by atoms with Gasteiger partial charge in [0.05, 0.1) is 6.61 Å². The molecule has 172 valence electrons. The third-order valence-corrected chi connectivity index (χ3v) is 4.80. The monoisotopic (exact) mass is 511 g/mol. The molecule has 0 spiro atoms. The Bertz CT molecular complexity index is 973. The fraction of sp³-hybridized carbons (Fsp3) is 0.348. The van der Waals surface area contributed by atoms with E-state index in [-0.39, 0.29) is 17.7 Å². The van der Waals surface area contributed by atoms with Crippen LogP contribution in [0.4, 0.5) is 13.6 Å². The van der Waals surface area contributed by atoms with Crippen LogP contribution in [-0.2, 0) is 14.3 Å². The van der Waals surface area contributed by atoms with E-state index < -0.39 is 41.0 Å². The van der Waals surface area contributed by atoms with Crippen molar-refractivity contribution in [3.05, 3.63) is 69.9 Å². The van der Waals surface area contributed by atoms with Crippen LogP contribution in [-0.4, -0.2) is 35.7 Å². The zero-order valence-electron chi connectivity index (χ0n) is 18.1. The van der Waals surface area contributed by atoms with E-state index in [2.05, 4.69) is 21.2 Å². The van der Waals surface area contributed by atoms with Crippen molar-refractivity contribution in [2.75, 3.05) is 6.61 Å². The molecular weight excluding hydrogens is 488 g/mol. The van der Waals surface area contributed by atoms with Crippen molar-refractivity contribution < 1.29 is 32.6 Å². The molecule has 6 nitrogen and oxygen atoms in total. The number of ether oxygens (including phenoxy) is 2. The average Bonchev–Trinajstić information content (AvgIpc) is 2.71. The van der Waals surface area contributed by atoms with E-state index in [1.807, 2.05) is 0 Å². The van der Waals surface area contributed by atoms with E-state index in [0.29, 0.717) is 4.47 Å². The van der Waals surface area contributed by atoms with Crippen LogP contribution in [0.25, 0.3) is 0 Å². The van der Waals surface area contributed by atoms with Crippen molar-refractivity contribution in [1.29, 1.82) is 0 Å². The summed E-state index contributed by atoms with van der Waals surface area (Å²) in [5.74, 6) is -3.34. The zero-order valence-corrected chi connectivity index (χ0v) is 19.7. The largest absolute Gasteiger partial charge is 0.463 e. The van der Waals surface area contributed by atoms with Gasteiger partial charge in [-0.2, -0.15) is 0 Å². The van der Waals surface area contributed by atoms with Gasteiger partial charge in [-0.1, -0.05) is 40.2 Å². The second-order valence-corrected chi connectivity index (χ2v) is 8.81. The fourth-order valence-electron chi connectivity index (χ4n) is 2.88. The van der Waals surface area contributed by atoms with E-state index in [4.69, 9.17) is 9.47 Å². The summed E-state index contributed by atoms with van der Waals surface area (Å²) in [5, 5.41) is 2.26. The molecule has 0 aliphatic rings. The Hall–Kier alpha value is -2.81. The Kier molecular flexibility index (Phi) is 8.12. The molecule has 0 heterocycles. The number of amides is 1. The van der Waals surface area contributed by atoms with E-state index in [1.165, 1.54) is 43.3 Å². The molecule has 2 aromatic rings. The first-order valence-electron chi connectivity index (χ1n) is 9.80. The second kappa shape index (κ2) is 10.2. The lowest BCUT2D eigenvalue weighted by atomic mass is 9.83. The van der Waals surface area contributed by atoms with Gasteiger partial charge in [-0.3, -0.25) is 4.79 Å². The van der Waals surface area contributed by atoms with Gasteiger partial charge in [0, 0.05) is 10.0 Å². The Labute approximate surface area is 193 Å². The number of carbonyl (C=O) groups is 3. The van der Waals surface area contributed by atoms with E-state index >= 15 is 4.39 Å². The van der Waals surface area contributed by atoms with Crippen molar-refractivity contribution in [2.24, 2.45) is 0 Å². The van der Waals surface area contributed by atoms with Crippen molar-refractivity contribution in [3.8, 4) is 0 Å². The molecule has 0 saturated carbocycles. The number of halogens is 3. The Morgan fingerprint density at radius 1 is 1.03 bits per heavy atom. The van der Waals surface area contributed by atoms with Crippen LogP contribution in [0.1, 0.15) is 49.7 Å². The molecule has 0 unspecified atom stereocenters. The lowest BCUT2D eigenvalue weighted by molar-refractivity contribution is -0.155. The fourth-order valence-corrected chi connectivity index (χ4v) is 3.15. The van der Waals surface area contributed by atoms with Gasteiger partial charge in [0.25, 0.3) is 5.67 Å². The number of hydrogen-bond donors (Lipinski definition) is 1. The van der Waals surface area contributed by atoms with Gasteiger partial charge >= 0.3 is 12.1 Å². The second-order valence-electron chi connectivity index (χ2n) is 7.90. The minimum Gasteiger partial charge on any atom is -0.463 e. The first-order chi connectivity index (χ1) is 14.9. The summed E-state index contributed by atoms with van der Waals surface area (Å²) in [6, 6.07) is 8.20. The van der Waals surface area contributed by atoms with Crippen LogP contribution in [0.3, 0.4) is 0 Å². The van der Waals surface area contributed by atoms with Crippen LogP contribution in [0.2, 0.25) is 0 Å². The van der Waals surface area contributed by atoms with Gasteiger partial charge < -0.3 is 14.8 Å². The molecule has 0 bridgehead atoms. The predicted molar refractivity (Wildman–Crippen MR) is 117 cm³/mol. The molecule has 0 saturated heterocycles. The molecule has 0 aliphatic heterocycles. The maximum Gasteiger partial charge on any atom is 0.408 e. The molecular formula is C23H24BrF2NO5. The van der Waals surface area contributed by atoms with Crippen molar-refractivity contribution in [1.82, 2.24) is 5.32 Å². The van der Waals surface area contributed by atoms with Gasteiger partial charge in [-0.25, -0.2) is 18.4 Å². The number of esters is 1. The van der Waals surface area contributed by atoms with Crippen LogP contribution < -0.4 is 5.32 Å². The quantitative estimate of drug-likeness (QED) is 0.309. The highest BCUT2D eigenvalue weighted by Crippen LogP contribution is 2.35. The van der Waals surface area contributed by atoms with E-state index in [0.717, 1.165) is 12.1 Å². The summed E-state index contributed by atoms with van der Waals surface area (Å²) in [4.78, 5) is 38.6. The maximum absolute atomic E-state index is 16.6. The first kappa shape index (κ1) is 25.5. The van der Waals surface area contributed by atoms with Gasteiger partial charge in [-0.05, 0) is 57.5 Å². The number of carbonyl (C=O) groups excluding carboxylic acids is 3. The average molecular weight is 512 g/mol. The molecule has 2 atom stereocenters. The summed E-state index contributed by atoms with van der Waals surface area (Å²) < 4.78 is 40.8. The highest BCUT2D eigenvalue weighted by atomic mass is 79.9. The minimum atomic E-state index is -3.36. The summed E-state index contributed by atoms with van der Waals surface area (Å²) >= 11 is 3.23. The van der Waals surface area contributed by atoms with Gasteiger partial charge in [0.1, 0.15) is 17.5 Å². The molecule has 1 N–H and O–H groups in total. The summed E-state index contributed by atoms with van der Waals surface area (Å²) in [6.45, 7) is 6.04. The lowest BCUT2D eigenvalue weighted by Crippen LogP contribution is -2.55. The number of benzene rings is 2. The van der Waals surface area contributed by atoms with Crippen LogP contribution in [0.5, 0.6) is 0 Å². The number of nitrogens with one attached hydrogen (secondary N) is 1. The van der Waals surface area contributed by atoms with Gasteiger partial charge in [0.15, 0.2) is 0 Å². The molecule has 0 aromatic heterocycles. The highest BCUT2D eigenvalue weighted by molar-refractivity contribution is 9.10. The van der Waals surface area contributed by atoms with Crippen molar-refractivity contribution in [2.45, 2.75) is 45.0 Å². The zero-order chi connectivity index (χ0) is 24.1. The summed E-state index contributed by atoms with van der Waals surface area (Å²) in [5.41, 5.74) is -4.45. The standard InChI is InChI=1S/C23H24BrF2NO5/c1-5-31-20(29)23(26,19(28)15-6-10-16(24)11-7-15)18(14-8-12-17(25)13-9-14)27-21(30)32-22(2,3)4/h6-13,18H,5H2,1-4H3,(H,27,30)/t18-,23-/m0/s1. The topological polar surface area (TPSA) is 81.7 Å². The normalized spacial score (nSPS) is 14.1. The summed E-state index contributed by atoms with van der Waals surface area (Å²) in [6.07, 6.45) is -1.07. The number of Topliss-reactive ketones (excluding diaryl/α,β-unsaturated/α-hetero) is 1. The van der Waals surface area contributed by atoms with Crippen LogP contribution in [0, 0.1) is 5.82 Å². The third kappa shape index (κ3) is 6.12. The SMILES string of the molecule is CCOC(=O)[C@@](F)(C(=O)c1ccc(Br)cc1)[C@@H](NC(=O)OC(C)(C)C)c1ccc(F)cc1. The molecule has 0 radical (unpaired) electrons. The number of hydrogen-bond acceptors (Lipinski definition) is 5. The van der Waals surface area contributed by atoms with Crippen LogP contribution >= 0.6 is 15.9 Å². The highest BCUT2D eigenvalue weighted by Gasteiger charge is 2.56. The minimum absolute atomic E-state index is 0.0294. The van der Waals surface area contributed by atoms with Gasteiger partial charge in [0.2, 0.25) is 5.78 Å². The predicted octanol–water partition coefficient (Wildman–Crippen LogP) is 5.31. The molecule has 1 amide bonds. The maximum atomic E-state index is 16.6. The first-order valence-corrected chi connectivity index (χ1v) is 10.6. The Morgan fingerprint density at radius 2 is 1.59 bits per heavy atom. The summed E-state index contributed by atoms with van der Waals surface area (Å²) in [7, 11) is 0. The molecule has 9 heteroatoms. The van der Waals surface area contributed by atoms with Gasteiger partial charge in [-0.15, -0.1) is 0 Å². The number of alkyl carbamates (subject to hydrolysis) is 1. The van der Waals surface area contributed by atoms with Crippen LogP contribution in [0.15, 0.2) is 53.0 Å².